The molecule has 0 bridgehead atoms. The Morgan fingerprint density at radius 1 is 1.46 bits per heavy atom. The predicted octanol–water partition coefficient (Wildman–Crippen LogP) is 2.27. The van der Waals surface area contributed by atoms with Crippen molar-refractivity contribution in [3.8, 4) is 0 Å². The van der Waals surface area contributed by atoms with Gasteiger partial charge in [-0.15, -0.1) is 0 Å². The average molecular weight is 179 g/mol. The van der Waals surface area contributed by atoms with Crippen LogP contribution in [0.3, 0.4) is 0 Å². The highest BCUT2D eigenvalue weighted by molar-refractivity contribution is 5.50. The van der Waals surface area contributed by atoms with Crippen LogP contribution in [0.5, 0.6) is 0 Å². The number of allylic oxidation sites excluding steroid dienone is 4. The standard InChI is InChI=1S/C11H17NO/c1-4-11(13)10-7-5-6-9(10)8-12(2)3/h5-7,13H,4,8H2,1-3H3/b11-10-. The fourth-order valence-electron chi connectivity index (χ4n) is 1.41. The second-order valence-electron chi connectivity index (χ2n) is 3.50. The van der Waals surface area contributed by atoms with Crippen LogP contribution in [-0.4, -0.2) is 30.6 Å². The maximum Gasteiger partial charge on any atom is 0.0995 e. The highest BCUT2D eigenvalue weighted by Crippen LogP contribution is 2.22. The van der Waals surface area contributed by atoms with Crippen molar-refractivity contribution < 1.29 is 5.11 Å². The van der Waals surface area contributed by atoms with Gasteiger partial charge in [0.2, 0.25) is 0 Å². The van der Waals surface area contributed by atoms with Crippen molar-refractivity contribution in [2.45, 2.75) is 13.3 Å². The van der Waals surface area contributed by atoms with Gasteiger partial charge in [0.15, 0.2) is 0 Å². The van der Waals surface area contributed by atoms with Crippen molar-refractivity contribution >= 4 is 0 Å². The van der Waals surface area contributed by atoms with Gasteiger partial charge in [-0.3, -0.25) is 0 Å². The average Bonchev–Trinajstić information content (AvgIpc) is 2.50. The maximum atomic E-state index is 9.61. The van der Waals surface area contributed by atoms with Gasteiger partial charge in [0.25, 0.3) is 0 Å². The van der Waals surface area contributed by atoms with Crippen LogP contribution < -0.4 is 0 Å². The molecule has 0 spiro atoms. The van der Waals surface area contributed by atoms with Gasteiger partial charge in [0.05, 0.1) is 5.76 Å². The summed E-state index contributed by atoms with van der Waals surface area (Å²) in [6.07, 6.45) is 6.71. The molecule has 2 nitrogen and oxygen atoms in total. The summed E-state index contributed by atoms with van der Waals surface area (Å²) in [6, 6.07) is 0. The zero-order chi connectivity index (χ0) is 9.84. The summed E-state index contributed by atoms with van der Waals surface area (Å²) in [5.74, 6) is 0.488. The molecule has 72 valence electrons. The lowest BCUT2D eigenvalue weighted by molar-refractivity contribution is 0.387. The zero-order valence-corrected chi connectivity index (χ0v) is 8.54. The minimum atomic E-state index is 0.488. The van der Waals surface area contributed by atoms with Crippen LogP contribution in [0.25, 0.3) is 0 Å². The van der Waals surface area contributed by atoms with Gasteiger partial charge < -0.3 is 10.0 Å². The molecular weight excluding hydrogens is 162 g/mol. The van der Waals surface area contributed by atoms with E-state index in [0.29, 0.717) is 12.2 Å². The third-order valence-electron chi connectivity index (χ3n) is 2.04. The van der Waals surface area contributed by atoms with E-state index >= 15 is 0 Å². The summed E-state index contributed by atoms with van der Waals surface area (Å²) < 4.78 is 0. The Kier molecular flexibility index (Phi) is 3.32. The molecule has 0 aromatic heterocycles. The summed E-state index contributed by atoms with van der Waals surface area (Å²) in [6.45, 7) is 2.84. The van der Waals surface area contributed by atoms with Crippen molar-refractivity contribution in [1.29, 1.82) is 0 Å². The number of nitrogens with zero attached hydrogens (tertiary/aromatic N) is 1. The Bertz CT molecular complexity index is 272. The van der Waals surface area contributed by atoms with Crippen molar-refractivity contribution in [2.75, 3.05) is 20.6 Å². The number of aliphatic hydroxyl groups excluding tert-OH is 1. The summed E-state index contributed by atoms with van der Waals surface area (Å²) in [4.78, 5) is 2.10. The lowest BCUT2D eigenvalue weighted by atomic mass is 10.1. The first-order valence-electron chi connectivity index (χ1n) is 4.59. The fourth-order valence-corrected chi connectivity index (χ4v) is 1.41. The van der Waals surface area contributed by atoms with Crippen LogP contribution >= 0.6 is 0 Å². The topological polar surface area (TPSA) is 23.5 Å². The van der Waals surface area contributed by atoms with E-state index in [1.165, 1.54) is 5.57 Å². The van der Waals surface area contributed by atoms with Crippen LogP contribution in [-0.2, 0) is 0 Å². The van der Waals surface area contributed by atoms with Gasteiger partial charge in [-0.2, -0.15) is 0 Å². The number of likely N-dealkylation sites (N-methyl/N-ethyl adjacent to an activating group) is 1. The third-order valence-corrected chi connectivity index (χ3v) is 2.04. The van der Waals surface area contributed by atoms with Gasteiger partial charge >= 0.3 is 0 Å². The summed E-state index contributed by atoms with van der Waals surface area (Å²) >= 11 is 0. The molecule has 0 saturated carbocycles. The normalized spacial score (nSPS) is 19.5. The molecule has 1 aliphatic carbocycles. The van der Waals surface area contributed by atoms with Gasteiger partial charge in [-0.25, -0.2) is 0 Å². The van der Waals surface area contributed by atoms with Crippen molar-refractivity contribution in [1.82, 2.24) is 4.90 Å². The number of aliphatic hydroxyl groups is 1. The Balaban J connectivity index is 2.78. The molecule has 0 aromatic carbocycles. The summed E-state index contributed by atoms with van der Waals surface area (Å²) in [5, 5.41) is 9.61. The highest BCUT2D eigenvalue weighted by Gasteiger charge is 2.11. The van der Waals surface area contributed by atoms with Crippen LogP contribution in [0, 0.1) is 0 Å². The van der Waals surface area contributed by atoms with Crippen molar-refractivity contribution in [2.24, 2.45) is 0 Å². The molecule has 0 aliphatic heterocycles. The molecule has 0 amide bonds. The second-order valence-corrected chi connectivity index (χ2v) is 3.50. The summed E-state index contributed by atoms with van der Waals surface area (Å²) in [5.41, 5.74) is 2.19. The van der Waals surface area contributed by atoms with Crippen LogP contribution in [0.15, 0.2) is 35.1 Å². The Labute approximate surface area is 79.9 Å². The van der Waals surface area contributed by atoms with Crippen LogP contribution in [0.1, 0.15) is 13.3 Å². The lowest BCUT2D eigenvalue weighted by Crippen LogP contribution is -2.15. The Hall–Kier alpha value is -1.02. The monoisotopic (exact) mass is 179 g/mol. The van der Waals surface area contributed by atoms with E-state index in [-0.39, 0.29) is 0 Å². The minimum absolute atomic E-state index is 0.488. The van der Waals surface area contributed by atoms with E-state index in [2.05, 4.69) is 11.0 Å². The fraction of sp³-hybridized carbons (Fsp3) is 0.455. The Morgan fingerprint density at radius 2 is 2.15 bits per heavy atom. The van der Waals surface area contributed by atoms with E-state index in [0.717, 1.165) is 12.1 Å². The molecular formula is C11H17NO. The van der Waals surface area contributed by atoms with Gasteiger partial charge in [0.1, 0.15) is 0 Å². The molecule has 0 atom stereocenters. The van der Waals surface area contributed by atoms with E-state index in [9.17, 15) is 5.11 Å². The SMILES string of the molecule is CC/C(O)=C1\C=CC=C1CN(C)C. The second kappa shape index (κ2) is 4.28. The molecule has 0 radical (unpaired) electrons. The van der Waals surface area contributed by atoms with E-state index in [1.54, 1.807) is 0 Å². The molecule has 1 rings (SSSR count). The van der Waals surface area contributed by atoms with Crippen LogP contribution in [0.2, 0.25) is 0 Å². The molecule has 0 aromatic rings. The Morgan fingerprint density at radius 3 is 2.69 bits per heavy atom. The lowest BCUT2D eigenvalue weighted by Gasteiger charge is -2.12. The minimum Gasteiger partial charge on any atom is -0.512 e. The smallest absolute Gasteiger partial charge is 0.0995 e. The van der Waals surface area contributed by atoms with Crippen molar-refractivity contribution in [3.05, 3.63) is 35.1 Å². The number of hydrogen-bond donors (Lipinski definition) is 1. The molecule has 0 saturated heterocycles. The molecule has 0 unspecified atom stereocenters. The maximum absolute atomic E-state index is 9.61. The molecule has 1 N–H and O–H groups in total. The van der Waals surface area contributed by atoms with Gasteiger partial charge in [-0.05, 0) is 19.7 Å². The first kappa shape index (κ1) is 10.1. The number of hydrogen-bond acceptors (Lipinski definition) is 2. The quantitative estimate of drug-likeness (QED) is 0.672. The van der Waals surface area contributed by atoms with E-state index < -0.39 is 0 Å². The van der Waals surface area contributed by atoms with E-state index in [4.69, 9.17) is 0 Å². The molecule has 2 heteroatoms. The predicted molar refractivity (Wildman–Crippen MR) is 55.7 cm³/mol. The number of rotatable bonds is 3. The van der Waals surface area contributed by atoms with Gasteiger partial charge in [-0.1, -0.05) is 25.2 Å². The molecule has 0 fully saturated rings. The van der Waals surface area contributed by atoms with Crippen LogP contribution in [0.4, 0.5) is 0 Å². The molecule has 0 heterocycles. The van der Waals surface area contributed by atoms with Crippen molar-refractivity contribution in [3.63, 3.8) is 0 Å². The first-order chi connectivity index (χ1) is 6.15. The largest absolute Gasteiger partial charge is 0.512 e. The summed E-state index contributed by atoms with van der Waals surface area (Å²) in [7, 11) is 4.06. The third kappa shape index (κ3) is 2.46. The first-order valence-corrected chi connectivity index (χ1v) is 4.59. The highest BCUT2D eigenvalue weighted by atomic mass is 16.3. The molecule has 13 heavy (non-hydrogen) atoms. The van der Waals surface area contributed by atoms with Gasteiger partial charge in [0, 0.05) is 18.5 Å². The molecule has 1 aliphatic rings. The van der Waals surface area contributed by atoms with E-state index in [1.807, 2.05) is 33.2 Å². The zero-order valence-electron chi connectivity index (χ0n) is 8.54.